The molecule has 3 fully saturated rings. The average Bonchev–Trinajstić information content (AvgIpc) is 3.40. The molecule has 3 saturated heterocycles. The Morgan fingerprint density at radius 1 is 0.953 bits per heavy atom. The number of ether oxygens (including phenoxy) is 1. The average molecular weight is 616 g/mol. The molecule has 0 bridgehead atoms. The summed E-state index contributed by atoms with van der Waals surface area (Å²) in [5.74, 6) is -0.0989. The van der Waals surface area contributed by atoms with Gasteiger partial charge in [-0.3, -0.25) is 4.90 Å². The van der Waals surface area contributed by atoms with Crippen LogP contribution in [0.25, 0.3) is 0 Å². The molecule has 2 aromatic carbocycles. The Labute approximate surface area is 246 Å². The first-order chi connectivity index (χ1) is 20.1. The summed E-state index contributed by atoms with van der Waals surface area (Å²) in [4.78, 5) is 19.4. The lowest BCUT2D eigenvalue weighted by molar-refractivity contribution is -0.143. The number of amides is 2. The molecule has 43 heavy (non-hydrogen) atoms. The van der Waals surface area contributed by atoms with Crippen molar-refractivity contribution in [2.75, 3.05) is 39.9 Å². The van der Waals surface area contributed by atoms with E-state index in [-0.39, 0.29) is 23.5 Å². The number of hydrogen-bond donors (Lipinski definition) is 0. The number of fused-ring (bicyclic) bond motifs is 1. The van der Waals surface area contributed by atoms with Gasteiger partial charge >= 0.3 is 18.4 Å². The minimum atomic E-state index is -5.00. The lowest BCUT2D eigenvalue weighted by atomic mass is 9.78. The molecule has 3 heterocycles. The van der Waals surface area contributed by atoms with E-state index in [1.54, 1.807) is 17.9 Å². The van der Waals surface area contributed by atoms with Crippen LogP contribution in [0.4, 0.5) is 35.5 Å². The molecule has 0 aromatic heterocycles. The van der Waals surface area contributed by atoms with Crippen molar-refractivity contribution in [1.82, 2.24) is 14.7 Å². The van der Waals surface area contributed by atoms with Crippen molar-refractivity contribution in [3.05, 3.63) is 70.0 Å². The molecule has 3 unspecified atom stereocenters. The van der Waals surface area contributed by atoms with Gasteiger partial charge in [0.25, 0.3) is 0 Å². The number of alkyl halides is 6. The van der Waals surface area contributed by atoms with Crippen molar-refractivity contribution in [2.24, 2.45) is 11.8 Å². The predicted molar refractivity (Wildman–Crippen MR) is 146 cm³/mol. The number of hydrogen-bond acceptors (Lipinski definition) is 3. The van der Waals surface area contributed by atoms with Crippen molar-refractivity contribution in [2.45, 2.75) is 63.6 Å². The van der Waals surface area contributed by atoms with E-state index >= 15 is 0 Å². The standard InChI is InChI=1S/C31H36F7N3O2/c1-18-12-24(32)4-5-26(18)28-27-17-40(25-7-10-43-11-8-25)16-20(27)6-9-41(28)29(42)39(3)19(2)21-13-22(30(33,34)35)15-23(14-21)31(36,37)38/h4-5,12-15,19-20,25,27-28H,6-11,16-17H2,1-3H3/t19?,20?,27-,28?/m1/s1. The Morgan fingerprint density at radius 2 is 1.58 bits per heavy atom. The summed E-state index contributed by atoms with van der Waals surface area (Å²) in [5, 5.41) is 0. The van der Waals surface area contributed by atoms with E-state index in [1.165, 1.54) is 31.0 Å². The van der Waals surface area contributed by atoms with Crippen molar-refractivity contribution in [3.63, 3.8) is 0 Å². The second-order valence-corrected chi connectivity index (χ2v) is 12.1. The molecule has 3 aliphatic heterocycles. The van der Waals surface area contributed by atoms with Crippen LogP contribution in [-0.2, 0) is 17.1 Å². The van der Waals surface area contributed by atoms with E-state index in [0.29, 0.717) is 49.9 Å². The van der Waals surface area contributed by atoms with Crippen LogP contribution >= 0.6 is 0 Å². The number of piperidine rings is 1. The third-order valence-corrected chi connectivity index (χ3v) is 9.48. The first-order valence-corrected chi connectivity index (χ1v) is 14.6. The van der Waals surface area contributed by atoms with Gasteiger partial charge in [0.05, 0.1) is 23.2 Å². The smallest absolute Gasteiger partial charge is 0.381 e. The SMILES string of the molecule is Cc1cc(F)ccc1C1[C@@H]2CN(C3CCOCC3)CC2CCN1C(=O)N(C)C(C)c1cc(C(F)(F)F)cc(C(F)(F)F)c1. The van der Waals surface area contributed by atoms with Crippen molar-refractivity contribution in [3.8, 4) is 0 Å². The number of carbonyl (C=O) groups is 1. The van der Waals surface area contributed by atoms with Gasteiger partial charge in [0.1, 0.15) is 5.82 Å². The predicted octanol–water partition coefficient (Wildman–Crippen LogP) is 7.46. The summed E-state index contributed by atoms with van der Waals surface area (Å²) < 4.78 is 101. The number of aryl methyl sites for hydroxylation is 1. The van der Waals surface area contributed by atoms with E-state index in [4.69, 9.17) is 4.74 Å². The Morgan fingerprint density at radius 3 is 2.16 bits per heavy atom. The van der Waals surface area contributed by atoms with Gasteiger partial charge in [0, 0.05) is 51.9 Å². The maximum Gasteiger partial charge on any atom is 0.416 e. The highest BCUT2D eigenvalue weighted by Gasteiger charge is 2.48. The molecule has 12 heteroatoms. The number of urea groups is 1. The lowest BCUT2D eigenvalue weighted by Gasteiger charge is -2.45. The zero-order chi connectivity index (χ0) is 31.3. The zero-order valence-electron chi connectivity index (χ0n) is 24.3. The molecule has 0 N–H and O–H groups in total. The largest absolute Gasteiger partial charge is 0.416 e. The molecule has 2 aromatic rings. The van der Waals surface area contributed by atoms with Crippen LogP contribution in [0.3, 0.4) is 0 Å². The molecule has 3 aliphatic rings. The fourth-order valence-corrected chi connectivity index (χ4v) is 7.01. The van der Waals surface area contributed by atoms with Crippen molar-refractivity contribution >= 4 is 6.03 Å². The van der Waals surface area contributed by atoms with Crippen LogP contribution in [0.2, 0.25) is 0 Å². The molecule has 0 spiro atoms. The van der Waals surface area contributed by atoms with E-state index < -0.39 is 47.4 Å². The van der Waals surface area contributed by atoms with Crippen LogP contribution in [0.5, 0.6) is 0 Å². The van der Waals surface area contributed by atoms with Gasteiger partial charge in [-0.25, -0.2) is 9.18 Å². The van der Waals surface area contributed by atoms with Crippen molar-refractivity contribution < 1.29 is 40.3 Å². The second kappa shape index (κ2) is 11.9. The van der Waals surface area contributed by atoms with Gasteiger partial charge < -0.3 is 14.5 Å². The summed E-state index contributed by atoms with van der Waals surface area (Å²) in [7, 11) is 1.39. The third-order valence-electron chi connectivity index (χ3n) is 9.48. The molecular weight excluding hydrogens is 579 g/mol. The minimum absolute atomic E-state index is 0.0267. The molecule has 4 atom stereocenters. The lowest BCUT2D eigenvalue weighted by Crippen LogP contribution is -2.51. The first-order valence-electron chi connectivity index (χ1n) is 14.6. The zero-order valence-corrected chi connectivity index (χ0v) is 24.3. The second-order valence-electron chi connectivity index (χ2n) is 12.1. The third kappa shape index (κ3) is 6.50. The fourth-order valence-electron chi connectivity index (χ4n) is 7.01. The summed E-state index contributed by atoms with van der Waals surface area (Å²) in [6.07, 6.45) is -7.45. The van der Waals surface area contributed by atoms with Gasteiger partial charge in [-0.05, 0) is 86.1 Å². The number of halogens is 7. The summed E-state index contributed by atoms with van der Waals surface area (Å²) in [6, 6.07) is 4.21. The highest BCUT2D eigenvalue weighted by molar-refractivity contribution is 5.75. The van der Waals surface area contributed by atoms with Crippen LogP contribution in [0.15, 0.2) is 36.4 Å². The normalized spacial score (nSPS) is 24.6. The van der Waals surface area contributed by atoms with Crippen LogP contribution in [0, 0.1) is 24.6 Å². The maximum atomic E-state index is 14.1. The fraction of sp³-hybridized carbons (Fsp3) is 0.581. The molecule has 236 valence electrons. The summed E-state index contributed by atoms with van der Waals surface area (Å²) in [5.41, 5.74) is -1.65. The van der Waals surface area contributed by atoms with Crippen LogP contribution in [0.1, 0.15) is 66.1 Å². The number of carbonyl (C=O) groups excluding carboxylic acids is 1. The number of likely N-dealkylation sites (tertiary alicyclic amines) is 2. The Balaban J connectivity index is 1.47. The van der Waals surface area contributed by atoms with E-state index in [9.17, 15) is 35.5 Å². The molecule has 2 amide bonds. The van der Waals surface area contributed by atoms with Gasteiger partial charge in [0.2, 0.25) is 0 Å². The Kier molecular flexibility index (Phi) is 8.74. The van der Waals surface area contributed by atoms with Crippen LogP contribution < -0.4 is 0 Å². The molecule has 0 aliphatic carbocycles. The summed E-state index contributed by atoms with van der Waals surface area (Å²) >= 11 is 0. The van der Waals surface area contributed by atoms with Gasteiger partial charge in [-0.15, -0.1) is 0 Å². The summed E-state index contributed by atoms with van der Waals surface area (Å²) in [6.45, 7) is 6.53. The van der Waals surface area contributed by atoms with Gasteiger partial charge in [-0.2, -0.15) is 26.3 Å². The molecule has 5 nitrogen and oxygen atoms in total. The number of nitrogens with zero attached hydrogens (tertiary/aromatic N) is 3. The van der Waals surface area contributed by atoms with Gasteiger partial charge in [0.15, 0.2) is 0 Å². The Hall–Kier alpha value is -2.86. The van der Waals surface area contributed by atoms with Crippen LogP contribution in [-0.4, -0.2) is 66.7 Å². The minimum Gasteiger partial charge on any atom is -0.381 e. The molecule has 0 radical (unpaired) electrons. The quantitative estimate of drug-likeness (QED) is 0.335. The molecular formula is C31H36F7N3O2. The number of benzene rings is 2. The van der Waals surface area contributed by atoms with E-state index in [1.807, 2.05) is 0 Å². The highest BCUT2D eigenvalue weighted by Crippen LogP contribution is 2.46. The Bertz CT molecular complexity index is 1290. The monoisotopic (exact) mass is 615 g/mol. The molecule has 0 saturated carbocycles. The van der Waals surface area contributed by atoms with Crippen molar-refractivity contribution in [1.29, 1.82) is 0 Å². The molecule has 5 rings (SSSR count). The first kappa shape index (κ1) is 31.6. The van der Waals surface area contributed by atoms with E-state index in [0.717, 1.165) is 31.5 Å². The highest BCUT2D eigenvalue weighted by atomic mass is 19.4. The maximum absolute atomic E-state index is 14.1. The van der Waals surface area contributed by atoms with Gasteiger partial charge in [-0.1, -0.05) is 6.07 Å². The topological polar surface area (TPSA) is 36.0 Å². The number of rotatable bonds is 4. The van der Waals surface area contributed by atoms with E-state index in [2.05, 4.69) is 4.90 Å².